The van der Waals surface area contributed by atoms with Crippen molar-refractivity contribution in [3.8, 4) is 28.8 Å². The minimum Gasteiger partial charge on any atom is -0.493 e. The van der Waals surface area contributed by atoms with Crippen molar-refractivity contribution in [2.45, 2.75) is 13.1 Å². The standard InChI is InChI=1S/C27H23FN4O4/c1-34-24-10-7-19(13-25(24)35-2)26-21(17-32(31-26)16-18-5-8-22(28)9-6-18)12-20(14-29)27(33)30-15-23-4-3-11-36-23/h3-13,17H,15-16H2,1-2H3,(H,30,33)/b20-12+. The molecule has 0 saturated carbocycles. The number of nitriles is 1. The normalized spacial score (nSPS) is 11.1. The van der Waals surface area contributed by atoms with Gasteiger partial charge >= 0.3 is 0 Å². The van der Waals surface area contributed by atoms with Gasteiger partial charge in [-0.3, -0.25) is 9.48 Å². The average Bonchev–Trinajstić information content (AvgIpc) is 3.56. The molecule has 4 rings (SSSR count). The molecule has 1 amide bonds. The summed E-state index contributed by atoms with van der Waals surface area (Å²) in [5.41, 5.74) is 2.53. The first-order valence-corrected chi connectivity index (χ1v) is 11.0. The third kappa shape index (κ3) is 5.62. The van der Waals surface area contributed by atoms with Crippen molar-refractivity contribution in [1.29, 1.82) is 5.26 Å². The molecular weight excluding hydrogens is 463 g/mol. The van der Waals surface area contributed by atoms with E-state index in [0.717, 1.165) is 5.56 Å². The highest BCUT2D eigenvalue weighted by molar-refractivity contribution is 6.02. The zero-order valence-electron chi connectivity index (χ0n) is 19.7. The van der Waals surface area contributed by atoms with Gasteiger partial charge < -0.3 is 19.2 Å². The molecule has 0 aliphatic rings. The van der Waals surface area contributed by atoms with Crippen LogP contribution in [0.4, 0.5) is 4.39 Å². The maximum absolute atomic E-state index is 13.3. The highest BCUT2D eigenvalue weighted by Crippen LogP contribution is 2.33. The molecule has 2 aromatic heterocycles. The molecule has 1 N–H and O–H groups in total. The maximum atomic E-state index is 13.3. The molecule has 9 heteroatoms. The number of furan rings is 1. The van der Waals surface area contributed by atoms with Crippen molar-refractivity contribution < 1.29 is 23.1 Å². The Morgan fingerprint density at radius 1 is 1.17 bits per heavy atom. The summed E-state index contributed by atoms with van der Waals surface area (Å²) >= 11 is 0. The van der Waals surface area contributed by atoms with Gasteiger partial charge in [-0.2, -0.15) is 10.4 Å². The summed E-state index contributed by atoms with van der Waals surface area (Å²) in [7, 11) is 3.08. The van der Waals surface area contributed by atoms with Gasteiger partial charge in [0.15, 0.2) is 11.5 Å². The van der Waals surface area contributed by atoms with Crippen LogP contribution in [0.2, 0.25) is 0 Å². The number of halogens is 1. The van der Waals surface area contributed by atoms with Gasteiger partial charge in [0.05, 0.1) is 39.3 Å². The molecule has 2 aromatic carbocycles. The largest absolute Gasteiger partial charge is 0.493 e. The van der Waals surface area contributed by atoms with Crippen molar-refractivity contribution in [3.63, 3.8) is 0 Å². The van der Waals surface area contributed by atoms with E-state index in [1.54, 1.807) is 54.4 Å². The van der Waals surface area contributed by atoms with Crippen LogP contribution in [0.1, 0.15) is 16.9 Å². The fourth-order valence-electron chi connectivity index (χ4n) is 3.59. The second kappa shape index (κ2) is 11.1. The van der Waals surface area contributed by atoms with Crippen molar-refractivity contribution in [2.75, 3.05) is 14.2 Å². The van der Waals surface area contributed by atoms with Gasteiger partial charge in [0, 0.05) is 17.3 Å². The number of carbonyl (C=O) groups excluding carboxylic acids is 1. The molecule has 0 saturated heterocycles. The number of hydrogen-bond donors (Lipinski definition) is 1. The molecular formula is C27H23FN4O4. The maximum Gasteiger partial charge on any atom is 0.262 e. The molecule has 0 aliphatic heterocycles. The van der Waals surface area contributed by atoms with Crippen LogP contribution in [-0.4, -0.2) is 29.9 Å². The molecule has 182 valence electrons. The SMILES string of the molecule is COc1ccc(-c2nn(Cc3ccc(F)cc3)cc2/C=C(\C#N)C(=O)NCc2ccco2)cc1OC. The van der Waals surface area contributed by atoms with Gasteiger partial charge in [-0.05, 0) is 54.1 Å². The highest BCUT2D eigenvalue weighted by atomic mass is 19.1. The lowest BCUT2D eigenvalue weighted by Gasteiger charge is -2.09. The molecule has 2 heterocycles. The lowest BCUT2D eigenvalue weighted by Crippen LogP contribution is -2.23. The van der Waals surface area contributed by atoms with Crippen LogP contribution in [0.15, 0.2) is 77.0 Å². The Bertz CT molecular complexity index is 1420. The summed E-state index contributed by atoms with van der Waals surface area (Å²) in [6, 6.07) is 16.8. The van der Waals surface area contributed by atoms with E-state index in [-0.39, 0.29) is 17.9 Å². The minimum atomic E-state index is -0.543. The Morgan fingerprint density at radius 3 is 2.61 bits per heavy atom. The molecule has 0 radical (unpaired) electrons. The van der Waals surface area contributed by atoms with Crippen LogP contribution in [0.25, 0.3) is 17.3 Å². The summed E-state index contributed by atoms with van der Waals surface area (Å²) < 4.78 is 31.0. The van der Waals surface area contributed by atoms with Gasteiger partial charge in [0.1, 0.15) is 23.2 Å². The average molecular weight is 487 g/mol. The number of aromatic nitrogens is 2. The number of hydrogen-bond acceptors (Lipinski definition) is 6. The summed E-state index contributed by atoms with van der Waals surface area (Å²) in [5.74, 6) is 0.763. The molecule has 0 unspecified atom stereocenters. The Morgan fingerprint density at radius 2 is 1.94 bits per heavy atom. The Labute approximate surface area is 207 Å². The molecule has 0 aliphatic carbocycles. The number of nitrogens with one attached hydrogen (secondary N) is 1. The number of rotatable bonds is 9. The first kappa shape index (κ1) is 24.3. The molecule has 0 bridgehead atoms. The van der Waals surface area contributed by atoms with Crippen LogP contribution < -0.4 is 14.8 Å². The number of ether oxygens (including phenoxy) is 2. The molecule has 0 fully saturated rings. The van der Waals surface area contributed by atoms with Gasteiger partial charge in [-0.25, -0.2) is 4.39 Å². The zero-order chi connectivity index (χ0) is 25.5. The van der Waals surface area contributed by atoms with E-state index in [2.05, 4.69) is 10.4 Å². The van der Waals surface area contributed by atoms with Gasteiger partial charge in [-0.15, -0.1) is 0 Å². The van der Waals surface area contributed by atoms with E-state index in [1.165, 1.54) is 31.6 Å². The first-order chi connectivity index (χ1) is 17.5. The molecule has 36 heavy (non-hydrogen) atoms. The minimum absolute atomic E-state index is 0.0929. The van der Waals surface area contributed by atoms with Crippen LogP contribution in [0.5, 0.6) is 11.5 Å². The van der Waals surface area contributed by atoms with E-state index >= 15 is 0 Å². The summed E-state index contributed by atoms with van der Waals surface area (Å²) in [6.07, 6.45) is 4.72. The second-order valence-electron chi connectivity index (χ2n) is 7.76. The van der Waals surface area contributed by atoms with E-state index in [1.807, 2.05) is 12.1 Å². The van der Waals surface area contributed by atoms with E-state index < -0.39 is 5.91 Å². The van der Waals surface area contributed by atoms with Crippen molar-refractivity contribution >= 4 is 12.0 Å². The number of methoxy groups -OCH3 is 2. The fourth-order valence-corrected chi connectivity index (χ4v) is 3.59. The van der Waals surface area contributed by atoms with E-state index in [9.17, 15) is 14.4 Å². The van der Waals surface area contributed by atoms with Gasteiger partial charge in [-0.1, -0.05) is 12.1 Å². The summed E-state index contributed by atoms with van der Waals surface area (Å²) in [4.78, 5) is 12.7. The van der Waals surface area contributed by atoms with Crippen molar-refractivity contribution in [1.82, 2.24) is 15.1 Å². The summed E-state index contributed by atoms with van der Waals surface area (Å²) in [5, 5.41) is 17.1. The van der Waals surface area contributed by atoms with E-state index in [4.69, 9.17) is 13.9 Å². The van der Waals surface area contributed by atoms with Gasteiger partial charge in [0.25, 0.3) is 5.91 Å². The topological polar surface area (TPSA) is 102 Å². The predicted molar refractivity (Wildman–Crippen MR) is 130 cm³/mol. The quantitative estimate of drug-likeness (QED) is 0.275. The zero-order valence-corrected chi connectivity index (χ0v) is 19.7. The van der Waals surface area contributed by atoms with Crippen molar-refractivity contribution in [3.05, 3.63) is 95.3 Å². The van der Waals surface area contributed by atoms with Gasteiger partial charge in [0.2, 0.25) is 0 Å². The predicted octanol–water partition coefficient (Wildman–Crippen LogP) is 4.57. The molecule has 8 nitrogen and oxygen atoms in total. The smallest absolute Gasteiger partial charge is 0.262 e. The Kier molecular flexibility index (Phi) is 7.46. The highest BCUT2D eigenvalue weighted by Gasteiger charge is 2.17. The number of benzene rings is 2. The number of carbonyl (C=O) groups is 1. The van der Waals surface area contributed by atoms with Crippen LogP contribution in [0, 0.1) is 17.1 Å². The molecule has 4 aromatic rings. The first-order valence-electron chi connectivity index (χ1n) is 11.0. The monoisotopic (exact) mass is 486 g/mol. The van der Waals surface area contributed by atoms with E-state index in [0.29, 0.717) is 40.6 Å². The molecule has 0 spiro atoms. The Hall–Kier alpha value is -4.84. The van der Waals surface area contributed by atoms with Crippen LogP contribution >= 0.6 is 0 Å². The van der Waals surface area contributed by atoms with Crippen LogP contribution in [0.3, 0.4) is 0 Å². The summed E-state index contributed by atoms with van der Waals surface area (Å²) in [6.45, 7) is 0.512. The lowest BCUT2D eigenvalue weighted by molar-refractivity contribution is -0.117. The fraction of sp³-hybridized carbons (Fsp3) is 0.148. The third-order valence-electron chi connectivity index (χ3n) is 5.37. The lowest BCUT2D eigenvalue weighted by atomic mass is 10.1. The van der Waals surface area contributed by atoms with Crippen molar-refractivity contribution in [2.24, 2.45) is 0 Å². The number of nitrogens with zero attached hydrogens (tertiary/aromatic N) is 3. The van der Waals surface area contributed by atoms with Crippen LogP contribution in [-0.2, 0) is 17.9 Å². The molecule has 0 atom stereocenters. The Balaban J connectivity index is 1.71. The second-order valence-corrected chi connectivity index (χ2v) is 7.76. The third-order valence-corrected chi connectivity index (χ3v) is 5.37. The number of amides is 1.